The van der Waals surface area contributed by atoms with Gasteiger partial charge in [0.1, 0.15) is 0 Å². The zero-order valence-electron chi connectivity index (χ0n) is 6.73. The summed E-state index contributed by atoms with van der Waals surface area (Å²) in [6.07, 6.45) is 5.53. The van der Waals surface area contributed by atoms with Gasteiger partial charge in [0.05, 0.1) is 0 Å². The van der Waals surface area contributed by atoms with Crippen LogP contribution in [-0.4, -0.2) is 0 Å². The summed E-state index contributed by atoms with van der Waals surface area (Å²) in [6.45, 7) is 0. The van der Waals surface area contributed by atoms with E-state index in [2.05, 4.69) is 41.8 Å². The molecule has 0 unspecified atom stereocenters. The predicted molar refractivity (Wildman–Crippen MR) is 55.8 cm³/mol. The third kappa shape index (κ3) is 1.80. The molecule has 1 aliphatic rings. The van der Waals surface area contributed by atoms with Gasteiger partial charge < -0.3 is 0 Å². The van der Waals surface area contributed by atoms with E-state index in [4.69, 9.17) is 0 Å². The topological polar surface area (TPSA) is 0 Å². The molecule has 0 atom stereocenters. The first-order valence-corrected chi connectivity index (χ1v) is 4.90. The van der Waals surface area contributed by atoms with Crippen LogP contribution in [0.1, 0.15) is 12.0 Å². The van der Waals surface area contributed by atoms with Crippen molar-refractivity contribution in [2.45, 2.75) is 6.42 Å². The molecule has 0 saturated carbocycles. The van der Waals surface area contributed by atoms with E-state index in [1.54, 1.807) is 0 Å². The molecule has 0 spiro atoms. The molecule has 0 fully saturated rings. The van der Waals surface area contributed by atoms with Gasteiger partial charge >= 0.3 is 0 Å². The molecule has 1 aliphatic heterocycles. The van der Waals surface area contributed by atoms with Crippen molar-refractivity contribution < 1.29 is 0 Å². The van der Waals surface area contributed by atoms with Crippen LogP contribution in [0.15, 0.2) is 46.7 Å². The summed E-state index contributed by atoms with van der Waals surface area (Å²) in [6, 6.07) is 10.4. The molecule has 1 heteroatoms. The van der Waals surface area contributed by atoms with E-state index in [0.29, 0.717) is 0 Å². The number of rotatable bonds is 1. The maximum absolute atomic E-state index is 2.24. The Morgan fingerprint density at radius 2 is 2.00 bits per heavy atom. The Balaban J connectivity index is 2.17. The number of benzene rings is 1. The SMILES string of the molecule is C1=CSC(=Cc2ccccc2)C1. The molecule has 0 N–H and O–H groups in total. The zero-order chi connectivity index (χ0) is 8.23. The molecule has 0 saturated heterocycles. The third-order valence-electron chi connectivity index (χ3n) is 1.76. The first kappa shape index (κ1) is 7.69. The van der Waals surface area contributed by atoms with E-state index in [1.165, 1.54) is 10.5 Å². The van der Waals surface area contributed by atoms with Gasteiger partial charge in [-0.3, -0.25) is 0 Å². The van der Waals surface area contributed by atoms with Crippen molar-refractivity contribution in [1.29, 1.82) is 0 Å². The highest BCUT2D eigenvalue weighted by molar-refractivity contribution is 8.06. The van der Waals surface area contributed by atoms with Crippen molar-refractivity contribution in [3.63, 3.8) is 0 Å². The molecule has 60 valence electrons. The Hall–Kier alpha value is -0.950. The second kappa shape index (κ2) is 3.63. The molecule has 0 radical (unpaired) electrons. The van der Waals surface area contributed by atoms with Gasteiger partial charge in [0.2, 0.25) is 0 Å². The van der Waals surface area contributed by atoms with Crippen molar-refractivity contribution in [3.05, 3.63) is 52.3 Å². The van der Waals surface area contributed by atoms with Crippen molar-refractivity contribution >= 4 is 17.8 Å². The highest BCUT2D eigenvalue weighted by Gasteiger charge is 1.99. The van der Waals surface area contributed by atoms with Crippen LogP contribution in [0.4, 0.5) is 0 Å². The largest absolute Gasteiger partial charge is 0.103 e. The Morgan fingerprint density at radius 1 is 1.17 bits per heavy atom. The lowest BCUT2D eigenvalue weighted by Crippen LogP contribution is -1.71. The van der Waals surface area contributed by atoms with Crippen LogP contribution in [-0.2, 0) is 0 Å². The molecule has 12 heavy (non-hydrogen) atoms. The van der Waals surface area contributed by atoms with E-state index in [9.17, 15) is 0 Å². The van der Waals surface area contributed by atoms with E-state index in [0.717, 1.165) is 6.42 Å². The average Bonchev–Trinajstić information content (AvgIpc) is 2.59. The maximum atomic E-state index is 2.24. The highest BCUT2D eigenvalue weighted by atomic mass is 32.2. The van der Waals surface area contributed by atoms with Crippen molar-refractivity contribution in [1.82, 2.24) is 0 Å². The van der Waals surface area contributed by atoms with E-state index < -0.39 is 0 Å². The molecule has 0 amide bonds. The molecule has 0 bridgehead atoms. The molecule has 1 aromatic carbocycles. The normalized spacial score (nSPS) is 18.8. The van der Waals surface area contributed by atoms with Crippen LogP contribution in [0.2, 0.25) is 0 Å². The minimum absolute atomic E-state index is 1.10. The second-order valence-corrected chi connectivity index (χ2v) is 3.75. The lowest BCUT2D eigenvalue weighted by atomic mass is 10.2. The summed E-state index contributed by atoms with van der Waals surface area (Å²) in [4.78, 5) is 1.43. The Kier molecular flexibility index (Phi) is 2.33. The molecule has 1 aromatic rings. The average molecular weight is 174 g/mol. The van der Waals surface area contributed by atoms with Crippen molar-refractivity contribution in [2.75, 3.05) is 0 Å². The van der Waals surface area contributed by atoms with Crippen LogP contribution in [0.3, 0.4) is 0 Å². The van der Waals surface area contributed by atoms with Gasteiger partial charge in [-0.25, -0.2) is 0 Å². The van der Waals surface area contributed by atoms with Gasteiger partial charge in [0, 0.05) is 0 Å². The summed E-state index contributed by atoms with van der Waals surface area (Å²) < 4.78 is 0. The molecule has 2 rings (SSSR count). The van der Waals surface area contributed by atoms with Crippen LogP contribution >= 0.6 is 11.8 Å². The predicted octanol–water partition coefficient (Wildman–Crippen LogP) is 3.68. The lowest BCUT2D eigenvalue weighted by Gasteiger charge is -1.95. The lowest BCUT2D eigenvalue weighted by molar-refractivity contribution is 1.41. The molecule has 0 aromatic heterocycles. The van der Waals surface area contributed by atoms with E-state index >= 15 is 0 Å². The van der Waals surface area contributed by atoms with E-state index in [-0.39, 0.29) is 0 Å². The molecule has 0 aliphatic carbocycles. The first-order chi connectivity index (χ1) is 5.95. The Morgan fingerprint density at radius 3 is 2.67 bits per heavy atom. The molecular weight excluding hydrogens is 164 g/mol. The standard InChI is InChI=1S/C11H10S/c1-2-5-10(6-3-1)9-11-7-4-8-12-11/h1-6,8-9H,7H2. The number of thioether (sulfide) groups is 1. The van der Waals surface area contributed by atoms with Gasteiger partial charge in [-0.1, -0.05) is 36.4 Å². The van der Waals surface area contributed by atoms with Crippen LogP contribution in [0.5, 0.6) is 0 Å². The summed E-state index contributed by atoms with van der Waals surface area (Å²) in [5.74, 6) is 0. The minimum Gasteiger partial charge on any atom is -0.103 e. The molecule has 0 nitrogen and oxygen atoms in total. The van der Waals surface area contributed by atoms with Crippen LogP contribution in [0.25, 0.3) is 6.08 Å². The second-order valence-electron chi connectivity index (χ2n) is 2.72. The van der Waals surface area contributed by atoms with Crippen LogP contribution in [0, 0.1) is 0 Å². The summed E-state index contributed by atoms with van der Waals surface area (Å²) in [7, 11) is 0. The highest BCUT2D eigenvalue weighted by Crippen LogP contribution is 2.29. The first-order valence-electron chi connectivity index (χ1n) is 4.02. The summed E-state index contributed by atoms with van der Waals surface area (Å²) in [5.41, 5.74) is 1.30. The number of hydrogen-bond acceptors (Lipinski definition) is 1. The number of allylic oxidation sites excluding steroid dienone is 2. The maximum Gasteiger partial charge on any atom is -0.00254 e. The third-order valence-corrected chi connectivity index (χ3v) is 2.68. The molecule has 1 heterocycles. The van der Waals surface area contributed by atoms with Crippen LogP contribution < -0.4 is 0 Å². The summed E-state index contributed by atoms with van der Waals surface area (Å²) in [5, 5.41) is 2.15. The summed E-state index contributed by atoms with van der Waals surface area (Å²) >= 11 is 1.82. The van der Waals surface area contributed by atoms with E-state index in [1.807, 2.05) is 17.8 Å². The van der Waals surface area contributed by atoms with Gasteiger partial charge in [-0.15, -0.1) is 11.8 Å². The van der Waals surface area contributed by atoms with Crippen molar-refractivity contribution in [3.8, 4) is 0 Å². The smallest absolute Gasteiger partial charge is 0.00254 e. The fraction of sp³-hybridized carbons (Fsp3) is 0.0909. The quantitative estimate of drug-likeness (QED) is 0.626. The fourth-order valence-corrected chi connectivity index (χ4v) is 1.94. The van der Waals surface area contributed by atoms with Crippen molar-refractivity contribution in [2.24, 2.45) is 0 Å². The molecular formula is C11H10S. The van der Waals surface area contributed by atoms with Gasteiger partial charge in [-0.05, 0) is 28.4 Å². The van der Waals surface area contributed by atoms with Gasteiger partial charge in [-0.2, -0.15) is 0 Å². The minimum atomic E-state index is 1.10. The Labute approximate surface area is 77.0 Å². The number of hydrogen-bond donors (Lipinski definition) is 0. The zero-order valence-corrected chi connectivity index (χ0v) is 7.55. The van der Waals surface area contributed by atoms with Gasteiger partial charge in [0.15, 0.2) is 0 Å². The Bertz CT molecular complexity index is 299. The van der Waals surface area contributed by atoms with Gasteiger partial charge in [0.25, 0.3) is 0 Å². The monoisotopic (exact) mass is 174 g/mol. The fourth-order valence-electron chi connectivity index (χ4n) is 1.18.